The van der Waals surface area contributed by atoms with E-state index in [1.807, 2.05) is 6.92 Å². The second kappa shape index (κ2) is 6.12. The minimum Gasteiger partial charge on any atom is -0.278 e. The van der Waals surface area contributed by atoms with E-state index in [2.05, 4.69) is 4.72 Å². The Morgan fingerprint density at radius 3 is 1.96 bits per heavy atom. The van der Waals surface area contributed by atoms with Crippen LogP contribution in [-0.2, 0) is 20.0 Å². The van der Waals surface area contributed by atoms with E-state index in [1.54, 1.807) is 19.1 Å². The molecule has 9 heteroatoms. The van der Waals surface area contributed by atoms with E-state index in [0.29, 0.717) is 5.56 Å². The lowest BCUT2D eigenvalue weighted by Crippen LogP contribution is -2.15. The fraction of sp³-hybridized carbons (Fsp3) is 0.143. The molecule has 0 saturated heterocycles. The Balaban J connectivity index is 2.40. The van der Waals surface area contributed by atoms with E-state index in [9.17, 15) is 16.8 Å². The van der Waals surface area contributed by atoms with Gasteiger partial charge in [0.15, 0.2) is 0 Å². The van der Waals surface area contributed by atoms with Gasteiger partial charge in [0.2, 0.25) is 10.0 Å². The quantitative estimate of drug-likeness (QED) is 0.856. The van der Waals surface area contributed by atoms with Crippen molar-refractivity contribution in [3.05, 3.63) is 52.5 Å². The highest BCUT2D eigenvalue weighted by Crippen LogP contribution is 2.29. The van der Waals surface area contributed by atoms with Crippen LogP contribution in [0.5, 0.6) is 0 Å². The van der Waals surface area contributed by atoms with Crippen LogP contribution in [0.4, 0.5) is 5.69 Å². The van der Waals surface area contributed by atoms with Crippen LogP contribution in [0.25, 0.3) is 0 Å². The third-order valence-electron chi connectivity index (χ3n) is 3.13. The number of halogens is 1. The highest BCUT2D eigenvalue weighted by molar-refractivity contribution is 7.92. The number of rotatable bonds is 4. The van der Waals surface area contributed by atoms with Crippen LogP contribution in [0.15, 0.2) is 46.2 Å². The summed E-state index contributed by atoms with van der Waals surface area (Å²) in [6.07, 6.45) is 0. The Morgan fingerprint density at radius 1 is 0.957 bits per heavy atom. The molecule has 0 radical (unpaired) electrons. The molecule has 23 heavy (non-hydrogen) atoms. The topological polar surface area (TPSA) is 106 Å². The Morgan fingerprint density at radius 2 is 1.48 bits per heavy atom. The minimum atomic E-state index is -3.90. The van der Waals surface area contributed by atoms with Gasteiger partial charge in [0.1, 0.15) is 0 Å². The number of primary sulfonamides is 1. The summed E-state index contributed by atoms with van der Waals surface area (Å²) in [6, 6.07) is 8.05. The van der Waals surface area contributed by atoms with Gasteiger partial charge in [0.25, 0.3) is 10.0 Å². The lowest BCUT2D eigenvalue weighted by Gasteiger charge is -2.13. The Kier molecular flexibility index (Phi) is 4.72. The summed E-state index contributed by atoms with van der Waals surface area (Å²) in [5.74, 6) is 0. The normalized spacial score (nSPS) is 12.2. The van der Waals surface area contributed by atoms with Crippen molar-refractivity contribution in [3.63, 3.8) is 0 Å². The molecular formula is C14H15ClN2O4S2. The van der Waals surface area contributed by atoms with Crippen molar-refractivity contribution >= 4 is 37.3 Å². The van der Waals surface area contributed by atoms with Gasteiger partial charge in [-0.15, -0.1) is 0 Å². The summed E-state index contributed by atoms with van der Waals surface area (Å²) in [5, 5.41) is 5.27. The molecule has 0 aliphatic rings. The smallest absolute Gasteiger partial charge is 0.261 e. The Hall–Kier alpha value is -1.61. The SMILES string of the molecule is Cc1cc(C)c(NS(=O)(=O)c2ccc(S(N)(=O)=O)cc2)c(Cl)c1. The fourth-order valence-electron chi connectivity index (χ4n) is 2.05. The molecule has 0 bridgehead atoms. The summed E-state index contributed by atoms with van der Waals surface area (Å²) in [4.78, 5) is -0.262. The number of benzene rings is 2. The predicted molar refractivity (Wildman–Crippen MR) is 89.5 cm³/mol. The molecule has 0 amide bonds. The van der Waals surface area contributed by atoms with Crippen molar-refractivity contribution in [3.8, 4) is 0 Å². The molecule has 0 aliphatic carbocycles. The summed E-state index contributed by atoms with van der Waals surface area (Å²) in [5.41, 5.74) is 1.88. The van der Waals surface area contributed by atoms with Crippen molar-refractivity contribution < 1.29 is 16.8 Å². The van der Waals surface area contributed by atoms with E-state index in [-0.39, 0.29) is 20.5 Å². The number of sulfonamides is 2. The molecular weight excluding hydrogens is 360 g/mol. The van der Waals surface area contributed by atoms with Crippen LogP contribution >= 0.6 is 11.6 Å². The summed E-state index contributed by atoms with van der Waals surface area (Å²) < 4.78 is 49.6. The number of nitrogens with two attached hydrogens (primary N) is 1. The standard InChI is InChI=1S/C14H15ClN2O4S2/c1-9-7-10(2)14(13(15)8-9)17-23(20,21)12-5-3-11(4-6-12)22(16,18)19/h3-8,17H,1-2H3,(H2,16,18,19). The molecule has 0 saturated carbocycles. The second-order valence-electron chi connectivity index (χ2n) is 5.06. The number of anilines is 1. The minimum absolute atomic E-state index is 0.0964. The van der Waals surface area contributed by atoms with Crippen molar-refractivity contribution in [1.82, 2.24) is 0 Å². The van der Waals surface area contributed by atoms with Crippen molar-refractivity contribution in [2.45, 2.75) is 23.6 Å². The van der Waals surface area contributed by atoms with Gasteiger partial charge in [-0.3, -0.25) is 4.72 Å². The van der Waals surface area contributed by atoms with Gasteiger partial charge >= 0.3 is 0 Å². The molecule has 0 heterocycles. The molecule has 0 fully saturated rings. The van der Waals surface area contributed by atoms with Gasteiger partial charge in [0.05, 0.1) is 20.5 Å². The van der Waals surface area contributed by atoms with Crippen LogP contribution < -0.4 is 9.86 Å². The number of hydrogen-bond acceptors (Lipinski definition) is 4. The van der Waals surface area contributed by atoms with Gasteiger partial charge in [-0.2, -0.15) is 0 Å². The summed E-state index contributed by atoms with van der Waals surface area (Å²) in [7, 11) is -7.78. The molecule has 2 aromatic rings. The van der Waals surface area contributed by atoms with Gasteiger partial charge in [-0.05, 0) is 55.3 Å². The summed E-state index contributed by atoms with van der Waals surface area (Å²) in [6.45, 7) is 3.59. The van der Waals surface area contributed by atoms with E-state index in [1.165, 1.54) is 12.1 Å². The molecule has 0 atom stereocenters. The predicted octanol–water partition coefficient (Wildman–Crippen LogP) is 2.41. The molecule has 124 valence electrons. The second-order valence-corrected chi connectivity index (χ2v) is 8.71. The van der Waals surface area contributed by atoms with Gasteiger partial charge in [-0.25, -0.2) is 22.0 Å². The van der Waals surface area contributed by atoms with Crippen molar-refractivity contribution in [2.24, 2.45) is 5.14 Å². The van der Waals surface area contributed by atoms with Crippen molar-refractivity contribution in [2.75, 3.05) is 4.72 Å². The first kappa shape index (κ1) is 17.7. The number of aryl methyl sites for hydroxylation is 2. The van der Waals surface area contributed by atoms with Crippen LogP contribution in [0.1, 0.15) is 11.1 Å². The average Bonchev–Trinajstić information content (AvgIpc) is 2.42. The third kappa shape index (κ3) is 4.03. The zero-order valence-corrected chi connectivity index (χ0v) is 14.8. The molecule has 2 rings (SSSR count). The van der Waals surface area contributed by atoms with Gasteiger partial charge in [0, 0.05) is 0 Å². The van der Waals surface area contributed by atoms with Crippen molar-refractivity contribution in [1.29, 1.82) is 0 Å². The van der Waals surface area contributed by atoms with Crippen LogP contribution in [0, 0.1) is 13.8 Å². The molecule has 0 spiro atoms. The third-order valence-corrected chi connectivity index (χ3v) is 5.72. The molecule has 6 nitrogen and oxygen atoms in total. The maximum atomic E-state index is 12.4. The average molecular weight is 375 g/mol. The van der Waals surface area contributed by atoms with Gasteiger partial charge < -0.3 is 0 Å². The Labute approximate surface area is 140 Å². The van der Waals surface area contributed by atoms with E-state index >= 15 is 0 Å². The van der Waals surface area contributed by atoms with Crippen LogP contribution in [0.3, 0.4) is 0 Å². The lowest BCUT2D eigenvalue weighted by molar-refractivity contribution is 0.595. The molecule has 0 aliphatic heterocycles. The van der Waals surface area contributed by atoms with Crippen LogP contribution in [0.2, 0.25) is 5.02 Å². The van der Waals surface area contributed by atoms with E-state index in [4.69, 9.17) is 16.7 Å². The highest BCUT2D eigenvalue weighted by Gasteiger charge is 2.18. The van der Waals surface area contributed by atoms with E-state index in [0.717, 1.165) is 17.7 Å². The Bertz CT molecular complexity index is 930. The largest absolute Gasteiger partial charge is 0.278 e. The molecule has 0 unspecified atom stereocenters. The summed E-state index contributed by atoms with van der Waals surface area (Å²) >= 11 is 6.09. The maximum absolute atomic E-state index is 12.4. The fourth-order valence-corrected chi connectivity index (χ4v) is 4.14. The molecule has 2 aromatic carbocycles. The zero-order valence-electron chi connectivity index (χ0n) is 12.4. The first-order valence-electron chi connectivity index (χ1n) is 6.43. The lowest BCUT2D eigenvalue weighted by atomic mass is 10.1. The van der Waals surface area contributed by atoms with E-state index < -0.39 is 20.0 Å². The maximum Gasteiger partial charge on any atom is 0.261 e. The highest BCUT2D eigenvalue weighted by atomic mass is 35.5. The monoisotopic (exact) mass is 374 g/mol. The number of hydrogen-bond donors (Lipinski definition) is 2. The molecule has 3 N–H and O–H groups in total. The van der Waals surface area contributed by atoms with Crippen LogP contribution in [-0.4, -0.2) is 16.8 Å². The molecule has 0 aromatic heterocycles. The zero-order chi connectivity index (χ0) is 17.4. The first-order valence-corrected chi connectivity index (χ1v) is 9.84. The van der Waals surface area contributed by atoms with Gasteiger partial charge in [-0.1, -0.05) is 17.7 Å². The first-order chi connectivity index (χ1) is 10.5. The number of nitrogens with one attached hydrogen (secondary N) is 1.